The highest BCUT2D eigenvalue weighted by atomic mass is 16.6. The van der Waals surface area contributed by atoms with Gasteiger partial charge in [0, 0.05) is 25.7 Å². The minimum absolute atomic E-state index is 0.105. The Morgan fingerprint density at radius 1 is 0.933 bits per heavy atom. The van der Waals surface area contributed by atoms with Gasteiger partial charge in [-0.25, -0.2) is 4.79 Å². The maximum atomic E-state index is 11.8. The van der Waals surface area contributed by atoms with Gasteiger partial charge in [0.1, 0.15) is 17.6 Å². The Hall–Kier alpha value is -2.57. The van der Waals surface area contributed by atoms with Gasteiger partial charge in [-0.15, -0.1) is 0 Å². The summed E-state index contributed by atoms with van der Waals surface area (Å²) in [5, 5.41) is 20.0. The van der Waals surface area contributed by atoms with Crippen molar-refractivity contribution in [3.05, 3.63) is 35.8 Å². The number of aliphatic carboxylic acids is 2. The van der Waals surface area contributed by atoms with E-state index in [0.29, 0.717) is 6.42 Å². The molecule has 0 radical (unpaired) electrons. The van der Waals surface area contributed by atoms with E-state index in [0.717, 1.165) is 62.9 Å². The first kappa shape index (κ1) is 25.5. The zero-order valence-electron chi connectivity index (χ0n) is 17.9. The molecule has 7 nitrogen and oxygen atoms in total. The van der Waals surface area contributed by atoms with E-state index in [2.05, 4.69) is 36.5 Å². The van der Waals surface area contributed by atoms with Crippen LogP contribution in [0, 0.1) is 0 Å². The van der Waals surface area contributed by atoms with E-state index in [-0.39, 0.29) is 25.2 Å². The Bertz CT molecular complexity index is 650. The fourth-order valence-electron chi connectivity index (χ4n) is 3.00. The van der Waals surface area contributed by atoms with Crippen LogP contribution in [0.5, 0.6) is 0 Å². The zero-order valence-corrected chi connectivity index (χ0v) is 17.9. The number of carbonyl (C=O) groups excluding carboxylic acids is 1. The second kappa shape index (κ2) is 15.3. The maximum Gasteiger partial charge on any atom is 0.326 e. The third kappa shape index (κ3) is 12.8. The van der Waals surface area contributed by atoms with Crippen molar-refractivity contribution in [1.82, 2.24) is 5.32 Å². The summed E-state index contributed by atoms with van der Waals surface area (Å²) < 4.78 is 5.32. The van der Waals surface area contributed by atoms with Crippen LogP contribution in [0.15, 0.2) is 35.8 Å². The molecule has 0 saturated carbocycles. The van der Waals surface area contributed by atoms with Gasteiger partial charge in [0.2, 0.25) is 5.91 Å². The SMILES string of the molecule is CCC1=C(C/C=C\C/C=C\CCCCCCCC(=O)N[C@@H](CCC(=O)O)C(=O)O)O1. The number of carbonyl (C=O) groups is 3. The molecule has 0 aromatic rings. The summed E-state index contributed by atoms with van der Waals surface area (Å²) in [5.41, 5.74) is 0. The topological polar surface area (TPSA) is 116 Å². The lowest BCUT2D eigenvalue weighted by Gasteiger charge is -2.13. The van der Waals surface area contributed by atoms with Gasteiger partial charge >= 0.3 is 11.9 Å². The number of amides is 1. The van der Waals surface area contributed by atoms with Gasteiger partial charge in [0.25, 0.3) is 0 Å². The second-order valence-corrected chi connectivity index (χ2v) is 7.38. The van der Waals surface area contributed by atoms with Crippen molar-refractivity contribution in [2.75, 3.05) is 0 Å². The summed E-state index contributed by atoms with van der Waals surface area (Å²) in [6.07, 6.45) is 17.3. The molecular weight excluding hydrogens is 386 g/mol. The van der Waals surface area contributed by atoms with Crippen molar-refractivity contribution in [2.24, 2.45) is 0 Å². The van der Waals surface area contributed by atoms with Crippen molar-refractivity contribution in [1.29, 1.82) is 0 Å². The quantitative estimate of drug-likeness (QED) is 0.218. The average Bonchev–Trinajstić information content (AvgIpc) is 3.46. The van der Waals surface area contributed by atoms with E-state index in [1.165, 1.54) is 0 Å². The molecule has 0 aromatic heterocycles. The Morgan fingerprint density at radius 2 is 1.63 bits per heavy atom. The van der Waals surface area contributed by atoms with E-state index in [1.54, 1.807) is 0 Å². The number of allylic oxidation sites excluding steroid dienone is 5. The standard InChI is InChI=1S/C23H35NO6/c1-2-19-20(30-19)14-12-10-8-6-4-3-5-7-9-11-13-15-21(25)24-18(23(28)29)16-17-22(26)27/h4,6,10,12,18H,2-3,5,7-9,11,13-17H2,1H3,(H,24,25)(H,26,27)(H,28,29)/b6-4-,12-10-/t18-/m0/s1. The molecule has 0 unspecified atom stereocenters. The molecule has 0 spiro atoms. The lowest BCUT2D eigenvalue weighted by molar-refractivity contribution is -0.143. The molecule has 1 aliphatic heterocycles. The molecule has 1 heterocycles. The van der Waals surface area contributed by atoms with E-state index in [4.69, 9.17) is 14.9 Å². The van der Waals surface area contributed by atoms with Crippen LogP contribution in [0.4, 0.5) is 0 Å². The van der Waals surface area contributed by atoms with Crippen molar-refractivity contribution >= 4 is 17.8 Å². The van der Waals surface area contributed by atoms with Gasteiger partial charge in [0.15, 0.2) is 0 Å². The summed E-state index contributed by atoms with van der Waals surface area (Å²) in [4.78, 5) is 33.4. The number of unbranched alkanes of at least 4 members (excludes halogenated alkanes) is 5. The molecule has 0 saturated heterocycles. The number of carboxylic acids is 2. The zero-order chi connectivity index (χ0) is 22.2. The predicted octanol–water partition coefficient (Wildman–Crippen LogP) is 4.70. The summed E-state index contributed by atoms with van der Waals surface area (Å²) in [5.74, 6) is -0.354. The first-order chi connectivity index (χ1) is 14.4. The number of nitrogens with one attached hydrogen (secondary N) is 1. The fraction of sp³-hybridized carbons (Fsp3) is 0.609. The van der Waals surface area contributed by atoms with E-state index < -0.39 is 18.0 Å². The highest BCUT2D eigenvalue weighted by molar-refractivity contribution is 5.83. The van der Waals surface area contributed by atoms with Crippen LogP contribution >= 0.6 is 0 Å². The van der Waals surface area contributed by atoms with Crippen LogP contribution < -0.4 is 5.32 Å². The van der Waals surface area contributed by atoms with Crippen molar-refractivity contribution in [3.63, 3.8) is 0 Å². The van der Waals surface area contributed by atoms with Gasteiger partial charge in [-0.1, -0.05) is 50.5 Å². The Labute approximate surface area is 178 Å². The summed E-state index contributed by atoms with van der Waals surface area (Å²) >= 11 is 0. The van der Waals surface area contributed by atoms with Crippen LogP contribution in [0.25, 0.3) is 0 Å². The van der Waals surface area contributed by atoms with Gasteiger partial charge in [0.05, 0.1) is 0 Å². The monoisotopic (exact) mass is 421 g/mol. The van der Waals surface area contributed by atoms with Gasteiger partial charge in [-0.05, 0) is 32.1 Å². The number of hydrogen-bond donors (Lipinski definition) is 3. The maximum absolute atomic E-state index is 11.8. The molecule has 1 aliphatic rings. The molecule has 0 aliphatic carbocycles. The largest absolute Gasteiger partial charge is 0.481 e. The number of ether oxygens (including phenoxy) is 1. The minimum atomic E-state index is -1.20. The Balaban J connectivity index is 1.96. The molecule has 7 heteroatoms. The summed E-state index contributed by atoms with van der Waals surface area (Å²) in [6.45, 7) is 2.09. The minimum Gasteiger partial charge on any atom is -0.481 e. The van der Waals surface area contributed by atoms with Crippen LogP contribution in [-0.2, 0) is 19.1 Å². The van der Waals surface area contributed by atoms with Crippen LogP contribution in [-0.4, -0.2) is 34.1 Å². The third-order valence-corrected chi connectivity index (χ3v) is 4.80. The highest BCUT2D eigenvalue weighted by Crippen LogP contribution is 2.31. The second-order valence-electron chi connectivity index (χ2n) is 7.38. The lowest BCUT2D eigenvalue weighted by atomic mass is 10.1. The average molecular weight is 422 g/mol. The van der Waals surface area contributed by atoms with Crippen LogP contribution in [0.2, 0.25) is 0 Å². The third-order valence-electron chi connectivity index (χ3n) is 4.80. The molecule has 0 fully saturated rings. The van der Waals surface area contributed by atoms with Gasteiger partial charge < -0.3 is 20.3 Å². The normalized spacial score (nSPS) is 14.2. The van der Waals surface area contributed by atoms with Crippen molar-refractivity contribution < 1.29 is 29.3 Å². The molecule has 1 atom stereocenters. The van der Waals surface area contributed by atoms with Crippen molar-refractivity contribution in [3.8, 4) is 0 Å². The Morgan fingerprint density at radius 3 is 2.30 bits per heavy atom. The molecule has 3 N–H and O–H groups in total. The number of carboxylic acid groups (broad SMARTS) is 2. The first-order valence-corrected chi connectivity index (χ1v) is 10.9. The Kier molecular flexibility index (Phi) is 13.0. The molecule has 1 amide bonds. The number of hydrogen-bond acceptors (Lipinski definition) is 4. The van der Waals surface area contributed by atoms with E-state index in [9.17, 15) is 14.4 Å². The molecule has 168 valence electrons. The summed E-state index contributed by atoms with van der Waals surface area (Å²) in [6, 6.07) is -1.14. The first-order valence-electron chi connectivity index (χ1n) is 10.9. The molecule has 1 rings (SSSR count). The van der Waals surface area contributed by atoms with Gasteiger partial charge in [-0.2, -0.15) is 0 Å². The molecular formula is C23H35NO6. The molecule has 0 bridgehead atoms. The molecule has 30 heavy (non-hydrogen) atoms. The van der Waals surface area contributed by atoms with Gasteiger partial charge in [-0.3, -0.25) is 9.59 Å². The summed E-state index contributed by atoms with van der Waals surface area (Å²) in [7, 11) is 0. The number of rotatable bonds is 18. The van der Waals surface area contributed by atoms with Crippen LogP contribution in [0.1, 0.15) is 84.0 Å². The molecule has 0 aromatic carbocycles. The lowest BCUT2D eigenvalue weighted by Crippen LogP contribution is -2.41. The fourth-order valence-corrected chi connectivity index (χ4v) is 3.00. The smallest absolute Gasteiger partial charge is 0.326 e. The van der Waals surface area contributed by atoms with E-state index in [1.807, 2.05) is 0 Å². The predicted molar refractivity (Wildman–Crippen MR) is 115 cm³/mol. The van der Waals surface area contributed by atoms with Crippen molar-refractivity contribution in [2.45, 2.75) is 90.0 Å². The highest BCUT2D eigenvalue weighted by Gasteiger charge is 2.21. The van der Waals surface area contributed by atoms with E-state index >= 15 is 0 Å². The van der Waals surface area contributed by atoms with Crippen LogP contribution in [0.3, 0.4) is 0 Å².